The maximum atomic E-state index is 5.51. The lowest BCUT2D eigenvalue weighted by molar-refractivity contribution is 0.582. The second kappa shape index (κ2) is 3.80. The molecule has 0 fully saturated rings. The van der Waals surface area contributed by atoms with Gasteiger partial charge in [-0.2, -0.15) is 0 Å². The highest BCUT2D eigenvalue weighted by atomic mass is 79.9. The van der Waals surface area contributed by atoms with Crippen LogP contribution in [0.5, 0.6) is 0 Å². The zero-order chi connectivity index (χ0) is 11.0. The summed E-state index contributed by atoms with van der Waals surface area (Å²) in [5.41, 5.74) is 1.12. The van der Waals surface area contributed by atoms with E-state index in [1.807, 2.05) is 24.3 Å². The second-order valence-electron chi connectivity index (χ2n) is 3.62. The van der Waals surface area contributed by atoms with E-state index in [-0.39, 0.29) is 0 Å². The van der Waals surface area contributed by atoms with Gasteiger partial charge in [0.15, 0.2) is 0 Å². The molecule has 0 radical (unpaired) electrons. The maximum Gasteiger partial charge on any atom is 0.148 e. The van der Waals surface area contributed by atoms with Gasteiger partial charge in [-0.3, -0.25) is 0 Å². The topological polar surface area (TPSA) is 13.1 Å². The molecule has 2 aromatic carbocycles. The molecule has 0 saturated carbocycles. The van der Waals surface area contributed by atoms with Crippen LogP contribution in [0.25, 0.3) is 22.1 Å². The Morgan fingerprint density at radius 1 is 0.875 bits per heavy atom. The van der Waals surface area contributed by atoms with Gasteiger partial charge in [0.1, 0.15) is 5.76 Å². The van der Waals surface area contributed by atoms with E-state index in [0.717, 1.165) is 15.8 Å². The number of hydrogen-bond donors (Lipinski definition) is 0. The van der Waals surface area contributed by atoms with Gasteiger partial charge in [-0.15, -0.1) is 0 Å². The van der Waals surface area contributed by atoms with Crippen molar-refractivity contribution in [2.45, 2.75) is 0 Å². The number of rotatable bonds is 1. The molecule has 0 saturated heterocycles. The van der Waals surface area contributed by atoms with Crippen molar-refractivity contribution in [2.24, 2.45) is 0 Å². The zero-order valence-electron chi connectivity index (χ0n) is 8.48. The minimum absolute atomic E-state index is 0.886. The molecule has 1 heterocycles. The lowest BCUT2D eigenvalue weighted by Crippen LogP contribution is -1.79. The first-order valence-electron chi connectivity index (χ1n) is 5.07. The van der Waals surface area contributed by atoms with Crippen molar-refractivity contribution in [2.75, 3.05) is 0 Å². The minimum Gasteiger partial charge on any atom is -0.463 e. The fourth-order valence-corrected chi connectivity index (χ4v) is 2.32. The summed E-state index contributed by atoms with van der Waals surface area (Å²) in [7, 11) is 0. The van der Waals surface area contributed by atoms with Crippen molar-refractivity contribution >= 4 is 26.7 Å². The Morgan fingerprint density at radius 2 is 1.69 bits per heavy atom. The van der Waals surface area contributed by atoms with E-state index in [2.05, 4.69) is 40.2 Å². The summed E-state index contributed by atoms with van der Waals surface area (Å²) in [6.45, 7) is 0. The normalized spacial score (nSPS) is 10.8. The highest BCUT2D eigenvalue weighted by molar-refractivity contribution is 9.10. The summed E-state index contributed by atoms with van der Waals surface area (Å²) in [5.74, 6) is 0.886. The molecule has 3 rings (SSSR count). The molecule has 0 spiro atoms. The van der Waals surface area contributed by atoms with Crippen molar-refractivity contribution < 1.29 is 4.42 Å². The molecule has 0 aliphatic carbocycles. The van der Waals surface area contributed by atoms with Gasteiger partial charge >= 0.3 is 0 Å². The molecule has 0 aliphatic heterocycles. The van der Waals surface area contributed by atoms with Crippen LogP contribution in [0.1, 0.15) is 0 Å². The smallest absolute Gasteiger partial charge is 0.148 e. The monoisotopic (exact) mass is 272 g/mol. The van der Waals surface area contributed by atoms with E-state index in [0.29, 0.717) is 0 Å². The number of fused-ring (bicyclic) bond motifs is 1. The molecule has 16 heavy (non-hydrogen) atoms. The Hall–Kier alpha value is -1.54. The minimum atomic E-state index is 0.886. The summed E-state index contributed by atoms with van der Waals surface area (Å²) in [6.07, 6.45) is 1.70. The van der Waals surface area contributed by atoms with Gasteiger partial charge in [0.05, 0.1) is 10.7 Å². The standard InChI is InChI=1S/C14H9BrO/c15-13-8-9-16-14(13)12-7-3-5-10-4-1-2-6-11(10)12/h1-9H. The average molecular weight is 273 g/mol. The summed E-state index contributed by atoms with van der Waals surface area (Å²) in [6, 6.07) is 16.5. The molecule has 78 valence electrons. The predicted octanol–water partition coefficient (Wildman–Crippen LogP) is 4.86. The Morgan fingerprint density at radius 3 is 2.50 bits per heavy atom. The van der Waals surface area contributed by atoms with E-state index < -0.39 is 0 Å². The number of benzene rings is 2. The van der Waals surface area contributed by atoms with Gasteiger partial charge in [-0.1, -0.05) is 42.5 Å². The quantitative estimate of drug-likeness (QED) is 0.617. The molecule has 0 aliphatic rings. The molecule has 1 nitrogen and oxygen atoms in total. The van der Waals surface area contributed by atoms with Gasteiger partial charge < -0.3 is 4.42 Å². The first-order valence-corrected chi connectivity index (χ1v) is 5.87. The van der Waals surface area contributed by atoms with Gasteiger partial charge in [-0.05, 0) is 32.8 Å². The highest BCUT2D eigenvalue weighted by Gasteiger charge is 2.09. The van der Waals surface area contributed by atoms with Crippen LogP contribution >= 0.6 is 15.9 Å². The van der Waals surface area contributed by atoms with Crippen LogP contribution in [0.2, 0.25) is 0 Å². The summed E-state index contributed by atoms with van der Waals surface area (Å²) < 4.78 is 6.50. The molecular weight excluding hydrogens is 264 g/mol. The Kier molecular flexibility index (Phi) is 2.29. The van der Waals surface area contributed by atoms with Crippen molar-refractivity contribution in [1.29, 1.82) is 0 Å². The maximum absolute atomic E-state index is 5.51. The number of halogens is 1. The summed E-state index contributed by atoms with van der Waals surface area (Å²) >= 11 is 3.49. The third-order valence-corrected chi connectivity index (χ3v) is 3.28. The van der Waals surface area contributed by atoms with Crippen LogP contribution in [0.15, 0.2) is 63.7 Å². The SMILES string of the molecule is Brc1ccoc1-c1cccc2ccccc12. The van der Waals surface area contributed by atoms with Crippen molar-refractivity contribution in [3.63, 3.8) is 0 Å². The van der Waals surface area contributed by atoms with Gasteiger partial charge in [-0.25, -0.2) is 0 Å². The molecule has 0 amide bonds. The van der Waals surface area contributed by atoms with Crippen molar-refractivity contribution in [3.05, 3.63) is 59.3 Å². The summed E-state index contributed by atoms with van der Waals surface area (Å²) in [4.78, 5) is 0. The average Bonchev–Trinajstić information content (AvgIpc) is 2.75. The van der Waals surface area contributed by atoms with Gasteiger partial charge in [0, 0.05) is 5.56 Å². The van der Waals surface area contributed by atoms with Crippen LogP contribution in [0, 0.1) is 0 Å². The zero-order valence-corrected chi connectivity index (χ0v) is 10.1. The number of hydrogen-bond acceptors (Lipinski definition) is 1. The fourth-order valence-electron chi connectivity index (χ4n) is 1.91. The first kappa shape index (κ1) is 9.67. The predicted molar refractivity (Wildman–Crippen MR) is 69.4 cm³/mol. The number of furan rings is 1. The molecule has 2 heteroatoms. The Bertz CT molecular complexity index is 635. The fraction of sp³-hybridized carbons (Fsp3) is 0. The second-order valence-corrected chi connectivity index (χ2v) is 4.48. The molecule has 0 unspecified atom stereocenters. The first-order chi connectivity index (χ1) is 7.86. The van der Waals surface area contributed by atoms with Crippen molar-refractivity contribution in [3.8, 4) is 11.3 Å². The van der Waals surface area contributed by atoms with Crippen LogP contribution in [0.3, 0.4) is 0 Å². The van der Waals surface area contributed by atoms with Gasteiger partial charge in [0.25, 0.3) is 0 Å². The third kappa shape index (κ3) is 1.46. The van der Waals surface area contributed by atoms with E-state index in [4.69, 9.17) is 4.42 Å². The van der Waals surface area contributed by atoms with Crippen LogP contribution in [0.4, 0.5) is 0 Å². The van der Waals surface area contributed by atoms with Crippen molar-refractivity contribution in [1.82, 2.24) is 0 Å². The van der Waals surface area contributed by atoms with Gasteiger partial charge in [0.2, 0.25) is 0 Å². The van der Waals surface area contributed by atoms with E-state index in [1.54, 1.807) is 6.26 Å². The third-order valence-electron chi connectivity index (χ3n) is 2.65. The largest absolute Gasteiger partial charge is 0.463 e. The molecule has 1 aromatic heterocycles. The Labute approximate surface area is 102 Å². The Balaban J connectivity index is 2.36. The lowest BCUT2D eigenvalue weighted by Gasteiger charge is -2.04. The molecule has 0 atom stereocenters. The molecule has 3 aromatic rings. The molecule has 0 N–H and O–H groups in total. The highest BCUT2D eigenvalue weighted by Crippen LogP contribution is 2.34. The van der Waals surface area contributed by atoms with Crippen LogP contribution < -0.4 is 0 Å². The van der Waals surface area contributed by atoms with Crippen LogP contribution in [-0.2, 0) is 0 Å². The van der Waals surface area contributed by atoms with E-state index >= 15 is 0 Å². The van der Waals surface area contributed by atoms with E-state index in [9.17, 15) is 0 Å². The van der Waals surface area contributed by atoms with Crippen LogP contribution in [-0.4, -0.2) is 0 Å². The molecular formula is C14H9BrO. The lowest BCUT2D eigenvalue weighted by atomic mass is 10.0. The molecule has 0 bridgehead atoms. The summed E-state index contributed by atoms with van der Waals surface area (Å²) in [5, 5.41) is 2.43. The van der Waals surface area contributed by atoms with E-state index in [1.165, 1.54) is 10.8 Å².